The van der Waals surface area contributed by atoms with Gasteiger partial charge in [-0.1, -0.05) is 60.7 Å². The Morgan fingerprint density at radius 3 is 2.12 bits per heavy atom. The number of aliphatic carboxylic acids is 1. The fourth-order valence-corrected chi connectivity index (χ4v) is 3.75. The van der Waals surface area contributed by atoms with E-state index in [1.54, 1.807) is 16.9 Å². The summed E-state index contributed by atoms with van der Waals surface area (Å²) in [5.41, 5.74) is 12.6. The van der Waals surface area contributed by atoms with Gasteiger partial charge in [-0.15, -0.1) is 0 Å². The molecule has 0 aliphatic carbocycles. The number of hydrogen-bond acceptors (Lipinski definition) is 4. The molecule has 1 heterocycles. The lowest BCUT2D eigenvalue weighted by molar-refractivity contribution is -0.479. The molecule has 0 saturated heterocycles. The van der Waals surface area contributed by atoms with Crippen LogP contribution in [-0.4, -0.2) is 52.2 Å². The number of carbonyl (C=O) groups excluding carboxylic acids is 2. The van der Waals surface area contributed by atoms with Gasteiger partial charge in [0.25, 0.3) is 0 Å². The zero-order valence-corrected chi connectivity index (χ0v) is 18.6. The second-order valence-corrected chi connectivity index (χ2v) is 7.86. The number of allylic oxidation sites excluding steroid dienone is 1. The third-order valence-electron chi connectivity index (χ3n) is 5.42. The van der Waals surface area contributed by atoms with Gasteiger partial charge in [0, 0.05) is 29.3 Å². The number of carboxylic acid groups (broad SMARTS) is 1. The number of aliphatic imine (C=N–C) groups is 1. The van der Waals surface area contributed by atoms with Gasteiger partial charge in [0.05, 0.1) is 0 Å². The summed E-state index contributed by atoms with van der Waals surface area (Å²) in [6.45, 7) is 0.256. The Hall–Kier alpha value is -4.27. The van der Waals surface area contributed by atoms with Crippen LogP contribution < -0.4 is 16.8 Å². The number of benzene rings is 2. The number of nitrogens with two attached hydrogens (primary N) is 2. The second-order valence-electron chi connectivity index (χ2n) is 7.86. The molecular weight excluding hydrogens is 434 g/mol. The molecule has 9 nitrogen and oxygen atoms in total. The summed E-state index contributed by atoms with van der Waals surface area (Å²) in [6.07, 6.45) is 3.54. The fraction of sp³-hybridized carbons (Fsp3) is 0.240. The quantitative estimate of drug-likeness (QED) is 0.181. The summed E-state index contributed by atoms with van der Waals surface area (Å²) in [7, 11) is 0. The molecule has 0 unspecified atom stereocenters. The van der Waals surface area contributed by atoms with Crippen LogP contribution in [0, 0.1) is 0 Å². The third kappa shape index (κ3) is 6.38. The van der Waals surface area contributed by atoms with Gasteiger partial charge in [-0.3, -0.25) is 9.79 Å². The number of amides is 2. The van der Waals surface area contributed by atoms with E-state index in [2.05, 4.69) is 10.3 Å². The molecule has 3 rings (SSSR count). The van der Waals surface area contributed by atoms with Gasteiger partial charge in [0.15, 0.2) is 12.2 Å². The van der Waals surface area contributed by atoms with E-state index in [1.165, 1.54) is 0 Å². The van der Waals surface area contributed by atoms with Gasteiger partial charge in [-0.25, -0.2) is 9.59 Å². The summed E-state index contributed by atoms with van der Waals surface area (Å²) in [5, 5.41) is 11.9. The fourth-order valence-electron chi connectivity index (χ4n) is 3.75. The van der Waals surface area contributed by atoms with Crippen LogP contribution in [0.3, 0.4) is 0 Å². The summed E-state index contributed by atoms with van der Waals surface area (Å²) >= 11 is 0. The number of guanidine groups is 1. The third-order valence-corrected chi connectivity index (χ3v) is 5.42. The molecule has 0 spiro atoms. The molecule has 0 radical (unpaired) electrons. The standard InChI is InChI=1S/C25H27N5O4/c26-25(27)28-14-7-12-20(24(33)34)29-23(32)19-13-15-30(21(31)16-19)22(17-8-3-1-4-9-17)18-10-5-2-6-11-18/h1-6,8-11,13,15,20,22H,7,12,14,16H2,(H5-,26,27,28,29,32,33,34)/p+1/t20-/m0/s1. The van der Waals surface area contributed by atoms with Gasteiger partial charge in [-0.2, -0.15) is 4.58 Å². The Morgan fingerprint density at radius 2 is 1.62 bits per heavy atom. The molecule has 1 atom stereocenters. The number of hydrogen-bond donors (Lipinski definition) is 4. The Morgan fingerprint density at radius 1 is 1.03 bits per heavy atom. The van der Waals surface area contributed by atoms with Crippen LogP contribution in [0.15, 0.2) is 77.3 Å². The first-order chi connectivity index (χ1) is 16.4. The van der Waals surface area contributed by atoms with Crippen molar-refractivity contribution in [1.29, 1.82) is 0 Å². The first-order valence-corrected chi connectivity index (χ1v) is 10.9. The van der Waals surface area contributed by atoms with E-state index in [1.807, 2.05) is 60.7 Å². The highest BCUT2D eigenvalue weighted by atomic mass is 16.4. The maximum Gasteiger partial charge on any atom is 0.392 e. The summed E-state index contributed by atoms with van der Waals surface area (Å²) in [4.78, 5) is 41.2. The number of nitrogens with one attached hydrogen (secondary N) is 1. The van der Waals surface area contributed by atoms with Crippen molar-refractivity contribution in [2.75, 3.05) is 6.54 Å². The van der Waals surface area contributed by atoms with Crippen molar-refractivity contribution in [3.8, 4) is 0 Å². The lowest BCUT2D eigenvalue weighted by Gasteiger charge is -2.19. The Balaban J connectivity index is 1.79. The zero-order chi connectivity index (χ0) is 24.5. The largest absolute Gasteiger partial charge is 0.480 e. The molecule has 176 valence electrons. The van der Waals surface area contributed by atoms with E-state index in [9.17, 15) is 19.5 Å². The Bertz CT molecular complexity index is 1080. The molecule has 0 aromatic heterocycles. The summed E-state index contributed by atoms with van der Waals surface area (Å²) < 4.78 is 1.60. The molecule has 1 aliphatic rings. The summed E-state index contributed by atoms with van der Waals surface area (Å²) in [5.74, 6) is -2.09. The molecule has 0 fully saturated rings. The average Bonchev–Trinajstić information content (AvgIpc) is 2.83. The van der Waals surface area contributed by atoms with Gasteiger partial charge < -0.3 is 21.9 Å². The van der Waals surface area contributed by atoms with E-state index >= 15 is 0 Å². The average molecular weight is 463 g/mol. The molecule has 0 bridgehead atoms. The Kier molecular flexibility index (Phi) is 8.28. The first-order valence-electron chi connectivity index (χ1n) is 10.9. The van der Waals surface area contributed by atoms with Crippen LogP contribution in [-0.2, 0) is 14.4 Å². The van der Waals surface area contributed by atoms with Gasteiger partial charge in [0.1, 0.15) is 12.5 Å². The zero-order valence-electron chi connectivity index (χ0n) is 18.6. The van der Waals surface area contributed by atoms with Crippen LogP contribution in [0.2, 0.25) is 0 Å². The lowest BCUT2D eigenvalue weighted by atomic mass is 9.96. The maximum atomic E-state index is 13.1. The number of carboxylic acids is 1. The van der Waals surface area contributed by atoms with Crippen molar-refractivity contribution in [2.24, 2.45) is 16.5 Å². The topological polar surface area (TPSA) is 151 Å². The minimum Gasteiger partial charge on any atom is -0.480 e. The SMILES string of the molecule is NC(N)=NCCC[C@H](NC(=O)C1=CC=[N+](C(c2ccccc2)c2ccccc2)C(=O)C1)C(=O)O. The van der Waals surface area contributed by atoms with Crippen molar-refractivity contribution in [2.45, 2.75) is 31.3 Å². The van der Waals surface area contributed by atoms with E-state index in [4.69, 9.17) is 11.5 Å². The van der Waals surface area contributed by atoms with Crippen LogP contribution in [0.5, 0.6) is 0 Å². The van der Waals surface area contributed by atoms with E-state index in [0.717, 1.165) is 11.1 Å². The molecule has 2 amide bonds. The monoisotopic (exact) mass is 462 g/mol. The van der Waals surface area contributed by atoms with Crippen LogP contribution in [0.4, 0.5) is 0 Å². The predicted octanol–water partition coefficient (Wildman–Crippen LogP) is 1.34. The van der Waals surface area contributed by atoms with Crippen molar-refractivity contribution in [3.63, 3.8) is 0 Å². The predicted molar refractivity (Wildman–Crippen MR) is 128 cm³/mol. The molecule has 1 aliphatic heterocycles. The lowest BCUT2D eigenvalue weighted by Crippen LogP contribution is -2.43. The van der Waals surface area contributed by atoms with Gasteiger partial charge in [0.2, 0.25) is 11.9 Å². The van der Waals surface area contributed by atoms with E-state index in [-0.39, 0.29) is 42.9 Å². The van der Waals surface area contributed by atoms with Crippen LogP contribution in [0.1, 0.15) is 36.4 Å². The van der Waals surface area contributed by atoms with Crippen molar-refractivity contribution in [3.05, 3.63) is 83.4 Å². The van der Waals surface area contributed by atoms with Crippen LogP contribution in [0.25, 0.3) is 0 Å². The molecule has 34 heavy (non-hydrogen) atoms. The molecule has 0 saturated carbocycles. The van der Waals surface area contributed by atoms with E-state index < -0.39 is 17.9 Å². The number of nitrogens with zero attached hydrogens (tertiary/aromatic N) is 2. The van der Waals surface area contributed by atoms with Crippen molar-refractivity contribution < 1.29 is 24.1 Å². The number of carbonyl (C=O) groups is 3. The molecule has 2 aromatic carbocycles. The molecular formula is C25H28N5O4+. The molecule has 2 aromatic rings. The highest BCUT2D eigenvalue weighted by Crippen LogP contribution is 2.27. The smallest absolute Gasteiger partial charge is 0.392 e. The highest BCUT2D eigenvalue weighted by Gasteiger charge is 2.35. The van der Waals surface area contributed by atoms with E-state index in [0.29, 0.717) is 6.42 Å². The second kappa shape index (κ2) is 11.6. The molecule has 9 heteroatoms. The van der Waals surface area contributed by atoms with Crippen molar-refractivity contribution in [1.82, 2.24) is 5.32 Å². The minimum atomic E-state index is -1.17. The maximum absolute atomic E-state index is 13.1. The number of rotatable bonds is 10. The Labute approximate surface area is 197 Å². The van der Waals surface area contributed by atoms with Crippen molar-refractivity contribution >= 4 is 30.0 Å². The summed E-state index contributed by atoms with van der Waals surface area (Å²) in [6, 6.07) is 17.8. The normalized spacial score (nSPS) is 14.1. The van der Waals surface area contributed by atoms with Gasteiger partial charge in [-0.05, 0) is 12.8 Å². The van der Waals surface area contributed by atoms with Gasteiger partial charge >= 0.3 is 11.9 Å². The minimum absolute atomic E-state index is 0.0776. The molecule has 6 N–H and O–H groups in total. The highest BCUT2D eigenvalue weighted by molar-refractivity contribution is 6.03. The van der Waals surface area contributed by atoms with Crippen LogP contribution >= 0.6 is 0 Å². The first kappa shape index (κ1) is 24.4.